The SMILES string of the molecule is O=S(=O)(F)F.Oc1ccccc1. The fourth-order valence-corrected chi connectivity index (χ4v) is 0.428. The van der Waals surface area contributed by atoms with Crippen molar-refractivity contribution in [3.63, 3.8) is 0 Å². The minimum Gasteiger partial charge on any atom is -0.508 e. The van der Waals surface area contributed by atoms with Crippen molar-refractivity contribution in [2.45, 2.75) is 0 Å². The van der Waals surface area contributed by atoms with Crippen LogP contribution in [-0.2, 0) is 10.6 Å². The van der Waals surface area contributed by atoms with Crippen molar-refractivity contribution in [2.75, 3.05) is 0 Å². The van der Waals surface area contributed by atoms with E-state index in [1.807, 2.05) is 6.07 Å². The Morgan fingerprint density at radius 1 is 1.08 bits per heavy atom. The number of phenols is 1. The van der Waals surface area contributed by atoms with Crippen LogP contribution in [0, 0.1) is 0 Å². The van der Waals surface area contributed by atoms with E-state index in [2.05, 4.69) is 0 Å². The standard InChI is InChI=1S/C6H6O.F2O2S/c7-6-4-2-1-3-5-6;1-5(2,3)4/h1-5,7H;. The lowest BCUT2D eigenvalue weighted by molar-refractivity contribution is 0.475. The molecule has 0 fully saturated rings. The summed E-state index contributed by atoms with van der Waals surface area (Å²) in [6.45, 7) is 0. The van der Waals surface area contributed by atoms with Gasteiger partial charge in [0.05, 0.1) is 0 Å². The molecule has 0 bridgehead atoms. The summed E-state index contributed by atoms with van der Waals surface area (Å²) in [5.41, 5.74) is 0. The third-order valence-electron chi connectivity index (χ3n) is 0.756. The summed E-state index contributed by atoms with van der Waals surface area (Å²) in [5.74, 6) is 0.322. The van der Waals surface area contributed by atoms with Gasteiger partial charge in [-0.2, -0.15) is 8.42 Å². The van der Waals surface area contributed by atoms with Crippen LogP contribution in [0.4, 0.5) is 7.77 Å². The number of halogens is 2. The van der Waals surface area contributed by atoms with E-state index in [9.17, 15) is 7.77 Å². The number of para-hydroxylation sites is 1. The second-order valence-corrected chi connectivity index (χ2v) is 2.47. The van der Waals surface area contributed by atoms with Crippen molar-refractivity contribution in [3.8, 4) is 5.75 Å². The van der Waals surface area contributed by atoms with Gasteiger partial charge in [0.1, 0.15) is 5.75 Å². The molecule has 1 aromatic rings. The normalized spacial score (nSPS) is 9.83. The monoisotopic (exact) mass is 196 g/mol. The molecule has 68 valence electrons. The molecule has 0 amide bonds. The molecule has 6 heteroatoms. The van der Waals surface area contributed by atoms with Gasteiger partial charge in [0.25, 0.3) is 0 Å². The predicted octanol–water partition coefficient (Wildman–Crippen LogP) is 1.56. The first kappa shape index (κ1) is 10.8. The van der Waals surface area contributed by atoms with Crippen LogP contribution in [-0.4, -0.2) is 13.5 Å². The molecule has 0 radical (unpaired) electrons. The Balaban J connectivity index is 0.000000217. The number of benzene rings is 1. The maximum atomic E-state index is 9.99. The molecule has 0 aliphatic carbocycles. The van der Waals surface area contributed by atoms with Crippen LogP contribution in [0.5, 0.6) is 5.75 Å². The van der Waals surface area contributed by atoms with E-state index in [-0.39, 0.29) is 0 Å². The maximum absolute atomic E-state index is 9.99. The Kier molecular flexibility index (Phi) is 4.20. The smallest absolute Gasteiger partial charge is 0.476 e. The summed E-state index contributed by atoms with van der Waals surface area (Å²) >= 11 is 0. The predicted molar refractivity (Wildman–Crippen MR) is 39.2 cm³/mol. The van der Waals surface area contributed by atoms with Crippen LogP contribution in [0.2, 0.25) is 0 Å². The molecule has 0 spiro atoms. The van der Waals surface area contributed by atoms with Crippen molar-refractivity contribution in [1.82, 2.24) is 0 Å². The van der Waals surface area contributed by atoms with Crippen molar-refractivity contribution < 1.29 is 21.3 Å². The Morgan fingerprint density at radius 3 is 1.58 bits per heavy atom. The molecule has 0 unspecified atom stereocenters. The molecule has 0 heterocycles. The van der Waals surface area contributed by atoms with Crippen molar-refractivity contribution >= 4 is 10.6 Å². The van der Waals surface area contributed by atoms with E-state index >= 15 is 0 Å². The summed E-state index contributed by atoms with van der Waals surface area (Å²) in [6.07, 6.45) is 0. The zero-order chi connectivity index (χ0) is 9.61. The van der Waals surface area contributed by atoms with Crippen LogP contribution < -0.4 is 0 Å². The Bertz CT molecular complexity index is 301. The van der Waals surface area contributed by atoms with Gasteiger partial charge in [0.2, 0.25) is 0 Å². The van der Waals surface area contributed by atoms with Crippen LogP contribution in [0.25, 0.3) is 0 Å². The van der Waals surface area contributed by atoms with Gasteiger partial charge in [0, 0.05) is 0 Å². The number of hydrogen-bond donors (Lipinski definition) is 1. The number of aromatic hydroxyl groups is 1. The van der Waals surface area contributed by atoms with Crippen molar-refractivity contribution in [1.29, 1.82) is 0 Å². The molecule has 1 N–H and O–H groups in total. The van der Waals surface area contributed by atoms with Gasteiger partial charge >= 0.3 is 10.6 Å². The number of rotatable bonds is 0. The van der Waals surface area contributed by atoms with E-state index < -0.39 is 10.6 Å². The van der Waals surface area contributed by atoms with Crippen molar-refractivity contribution in [2.24, 2.45) is 0 Å². The summed E-state index contributed by atoms with van der Waals surface area (Å²) in [6, 6.07) is 8.71. The minimum atomic E-state index is -5.67. The molecule has 0 saturated carbocycles. The average Bonchev–Trinajstić information content (AvgIpc) is 1.85. The molecule has 0 saturated heterocycles. The third-order valence-corrected chi connectivity index (χ3v) is 0.756. The second kappa shape index (κ2) is 4.66. The van der Waals surface area contributed by atoms with Gasteiger partial charge in [0.15, 0.2) is 0 Å². The van der Waals surface area contributed by atoms with Crippen LogP contribution in [0.1, 0.15) is 0 Å². The van der Waals surface area contributed by atoms with Crippen molar-refractivity contribution in [3.05, 3.63) is 30.3 Å². The lowest BCUT2D eigenvalue weighted by Crippen LogP contribution is -1.69. The van der Waals surface area contributed by atoms with Gasteiger partial charge < -0.3 is 5.11 Å². The highest BCUT2D eigenvalue weighted by Gasteiger charge is 1.94. The quantitative estimate of drug-likeness (QED) is 0.640. The lowest BCUT2D eigenvalue weighted by atomic mass is 10.3. The number of phenolic OH excluding ortho intramolecular Hbond substituents is 1. The average molecular weight is 196 g/mol. The molecule has 0 atom stereocenters. The zero-order valence-electron chi connectivity index (χ0n) is 5.81. The lowest BCUT2D eigenvalue weighted by Gasteiger charge is -1.82. The Morgan fingerprint density at radius 2 is 1.42 bits per heavy atom. The van der Waals surface area contributed by atoms with Gasteiger partial charge in [-0.3, -0.25) is 0 Å². The zero-order valence-corrected chi connectivity index (χ0v) is 6.63. The first-order valence-corrected chi connectivity index (χ1v) is 4.06. The Labute approximate surface area is 68.8 Å². The molecule has 0 aliphatic heterocycles. The molecule has 3 nitrogen and oxygen atoms in total. The topological polar surface area (TPSA) is 54.4 Å². The summed E-state index contributed by atoms with van der Waals surface area (Å²) in [5, 5.41) is 8.63. The molecule has 1 aromatic carbocycles. The number of hydrogen-bond acceptors (Lipinski definition) is 3. The first-order valence-electron chi connectivity index (χ1n) is 2.78. The van der Waals surface area contributed by atoms with Crippen LogP contribution >= 0.6 is 0 Å². The highest BCUT2D eigenvalue weighted by atomic mass is 32.3. The van der Waals surface area contributed by atoms with E-state index in [1.165, 1.54) is 0 Å². The van der Waals surface area contributed by atoms with Gasteiger partial charge in [-0.1, -0.05) is 26.0 Å². The highest BCUT2D eigenvalue weighted by molar-refractivity contribution is 7.81. The Hall–Kier alpha value is -1.17. The molecule has 0 aromatic heterocycles. The van der Waals surface area contributed by atoms with Crippen LogP contribution in [0.3, 0.4) is 0 Å². The van der Waals surface area contributed by atoms with E-state index in [0.717, 1.165) is 0 Å². The van der Waals surface area contributed by atoms with Gasteiger partial charge in [-0.25, -0.2) is 0 Å². The summed E-state index contributed by atoms with van der Waals surface area (Å²) in [7, 11) is -5.67. The fraction of sp³-hybridized carbons (Fsp3) is 0. The van der Waals surface area contributed by atoms with Gasteiger partial charge in [-0.05, 0) is 12.1 Å². The molecular formula is C6H6F2O3S. The summed E-state index contributed by atoms with van der Waals surface area (Å²) in [4.78, 5) is 0. The first-order chi connectivity index (χ1) is 5.39. The maximum Gasteiger partial charge on any atom is 0.476 e. The fourth-order valence-electron chi connectivity index (χ4n) is 0.428. The third kappa shape index (κ3) is 11.6. The van der Waals surface area contributed by atoms with E-state index in [4.69, 9.17) is 13.5 Å². The minimum absolute atomic E-state index is 0.322. The van der Waals surface area contributed by atoms with Gasteiger partial charge in [-0.15, -0.1) is 0 Å². The summed E-state index contributed by atoms with van der Waals surface area (Å²) < 4.78 is 36.6. The van der Waals surface area contributed by atoms with E-state index in [0.29, 0.717) is 5.75 Å². The largest absolute Gasteiger partial charge is 0.508 e. The molecule has 1 rings (SSSR count). The molecule has 0 aliphatic rings. The second-order valence-electron chi connectivity index (χ2n) is 1.71. The van der Waals surface area contributed by atoms with Crippen LogP contribution in [0.15, 0.2) is 30.3 Å². The molecular weight excluding hydrogens is 190 g/mol. The molecule has 12 heavy (non-hydrogen) atoms. The highest BCUT2D eigenvalue weighted by Crippen LogP contribution is 2.02. The van der Waals surface area contributed by atoms with E-state index in [1.54, 1.807) is 24.3 Å².